The van der Waals surface area contributed by atoms with Gasteiger partial charge in [0.15, 0.2) is 0 Å². The van der Waals surface area contributed by atoms with Gasteiger partial charge in [0.1, 0.15) is 11.5 Å². The third-order valence-corrected chi connectivity index (χ3v) is 2.78. The van der Waals surface area contributed by atoms with E-state index in [0.717, 1.165) is 22.3 Å². The molecular weight excluding hydrogens is 204 g/mol. The topological polar surface area (TPSA) is 66.0 Å². The zero-order chi connectivity index (χ0) is 12.3. The number of nitrogens with zero attached hydrogens (tertiary/aromatic N) is 2. The number of hydrogen-bond acceptors (Lipinski definition) is 4. The Morgan fingerprint density at radius 3 is 1.12 bits per heavy atom. The molecule has 0 aliphatic heterocycles. The smallest absolute Gasteiger partial charge is 0.292 e. The Labute approximate surface area is 94.6 Å². The average molecular weight is 216 g/mol. The first kappa shape index (κ1) is 11.9. The first-order valence-corrected chi connectivity index (χ1v) is 4.76. The van der Waals surface area contributed by atoms with Crippen molar-refractivity contribution >= 4 is 0 Å². The van der Waals surface area contributed by atoms with Crippen LogP contribution in [0.5, 0.6) is 11.5 Å². The number of ether oxygens (including phenoxy) is 2. The summed E-state index contributed by atoms with van der Waals surface area (Å²) in [5.74, 6) is 1.09. The van der Waals surface area contributed by atoms with Crippen molar-refractivity contribution in [1.82, 2.24) is 0 Å². The molecule has 1 aromatic carbocycles. The quantitative estimate of drug-likeness (QED) is 0.713. The molecule has 1 aromatic rings. The highest BCUT2D eigenvalue weighted by Crippen LogP contribution is 2.36. The van der Waals surface area contributed by atoms with E-state index in [9.17, 15) is 0 Å². The van der Waals surface area contributed by atoms with Crippen LogP contribution in [0, 0.1) is 50.7 Å². The molecule has 0 aliphatic rings. The minimum atomic E-state index is 0.544. The highest BCUT2D eigenvalue weighted by Gasteiger charge is 2.17. The minimum Gasteiger partial charge on any atom is -0.387 e. The van der Waals surface area contributed by atoms with Crippen LogP contribution in [0.1, 0.15) is 22.3 Å². The van der Waals surface area contributed by atoms with E-state index in [1.54, 1.807) is 12.5 Å². The normalized spacial score (nSPS) is 9.12. The van der Waals surface area contributed by atoms with Crippen LogP contribution in [0.4, 0.5) is 0 Å². The predicted octanol–water partition coefficient (Wildman–Crippen LogP) is 2.64. The lowest BCUT2D eigenvalue weighted by molar-refractivity contribution is 0.479. The van der Waals surface area contributed by atoms with Gasteiger partial charge in [0.2, 0.25) is 0 Å². The molecule has 0 saturated carbocycles. The average Bonchev–Trinajstić information content (AvgIpc) is 2.28. The Bertz CT molecular complexity index is 431. The maximum atomic E-state index is 8.57. The predicted molar refractivity (Wildman–Crippen MR) is 57.9 cm³/mol. The van der Waals surface area contributed by atoms with Crippen molar-refractivity contribution in [2.24, 2.45) is 0 Å². The highest BCUT2D eigenvalue weighted by molar-refractivity contribution is 5.57. The molecule has 0 fully saturated rings. The van der Waals surface area contributed by atoms with Crippen LogP contribution in [0.2, 0.25) is 0 Å². The first-order chi connectivity index (χ1) is 7.54. The molecule has 0 saturated heterocycles. The molecule has 0 heterocycles. The fourth-order valence-electron chi connectivity index (χ4n) is 1.64. The third kappa shape index (κ3) is 1.78. The lowest BCUT2D eigenvalue weighted by Crippen LogP contribution is -2.00. The lowest BCUT2D eigenvalue weighted by atomic mass is 9.98. The van der Waals surface area contributed by atoms with Gasteiger partial charge in [-0.25, -0.2) is 0 Å². The van der Waals surface area contributed by atoms with Gasteiger partial charge in [0.25, 0.3) is 12.5 Å². The van der Waals surface area contributed by atoms with Gasteiger partial charge in [-0.2, -0.15) is 0 Å². The maximum Gasteiger partial charge on any atom is 0.292 e. The molecular formula is C12H12N2O2. The minimum absolute atomic E-state index is 0.544. The standard InChI is InChI=1S/C12H12N2O2/c1-7-8(2)12(16-6-14)10(4)9(3)11(7)15-5-13/h1-4H3. The molecule has 0 aromatic heterocycles. The van der Waals surface area contributed by atoms with Gasteiger partial charge in [0, 0.05) is 0 Å². The highest BCUT2D eigenvalue weighted by atomic mass is 16.5. The first-order valence-electron chi connectivity index (χ1n) is 4.76. The summed E-state index contributed by atoms with van der Waals surface area (Å²) in [6.45, 7) is 7.33. The van der Waals surface area contributed by atoms with Gasteiger partial charge in [0.05, 0.1) is 0 Å². The van der Waals surface area contributed by atoms with E-state index in [1.165, 1.54) is 0 Å². The van der Waals surface area contributed by atoms with Crippen LogP contribution in [0.15, 0.2) is 0 Å². The van der Waals surface area contributed by atoms with Gasteiger partial charge in [-0.3, -0.25) is 0 Å². The second-order valence-electron chi connectivity index (χ2n) is 3.54. The second kappa shape index (κ2) is 4.55. The number of rotatable bonds is 2. The molecule has 0 N–H and O–H groups in total. The summed E-state index contributed by atoms with van der Waals surface area (Å²) in [5, 5.41) is 17.1. The van der Waals surface area contributed by atoms with E-state index < -0.39 is 0 Å². The molecule has 1 rings (SSSR count). The van der Waals surface area contributed by atoms with E-state index in [4.69, 9.17) is 20.0 Å². The molecule has 0 spiro atoms. The van der Waals surface area contributed by atoms with Crippen molar-refractivity contribution in [3.05, 3.63) is 22.3 Å². The summed E-state index contributed by atoms with van der Waals surface area (Å²) in [6.07, 6.45) is 3.33. The van der Waals surface area contributed by atoms with Crippen molar-refractivity contribution in [3.8, 4) is 24.0 Å². The summed E-state index contributed by atoms with van der Waals surface area (Å²) in [5.41, 5.74) is 3.26. The summed E-state index contributed by atoms with van der Waals surface area (Å²) < 4.78 is 9.86. The van der Waals surface area contributed by atoms with Crippen LogP contribution in [-0.2, 0) is 0 Å². The molecule has 4 nitrogen and oxygen atoms in total. The zero-order valence-electron chi connectivity index (χ0n) is 9.71. The Morgan fingerprint density at radius 2 is 0.938 bits per heavy atom. The summed E-state index contributed by atoms with van der Waals surface area (Å²) in [7, 11) is 0. The van der Waals surface area contributed by atoms with Crippen LogP contribution in [-0.4, -0.2) is 0 Å². The van der Waals surface area contributed by atoms with Gasteiger partial charge in [-0.15, -0.1) is 10.5 Å². The molecule has 0 atom stereocenters. The monoisotopic (exact) mass is 216 g/mol. The Morgan fingerprint density at radius 1 is 0.688 bits per heavy atom. The van der Waals surface area contributed by atoms with Gasteiger partial charge in [-0.1, -0.05) is 0 Å². The molecule has 0 amide bonds. The largest absolute Gasteiger partial charge is 0.387 e. The fourth-order valence-corrected chi connectivity index (χ4v) is 1.64. The van der Waals surface area contributed by atoms with E-state index in [0.29, 0.717) is 11.5 Å². The Balaban J connectivity index is 3.52. The van der Waals surface area contributed by atoms with Gasteiger partial charge < -0.3 is 9.47 Å². The zero-order valence-corrected chi connectivity index (χ0v) is 9.71. The number of benzene rings is 1. The molecule has 0 unspecified atom stereocenters. The van der Waals surface area contributed by atoms with E-state index in [1.807, 2.05) is 27.7 Å². The van der Waals surface area contributed by atoms with E-state index in [2.05, 4.69) is 0 Å². The van der Waals surface area contributed by atoms with Crippen LogP contribution >= 0.6 is 0 Å². The van der Waals surface area contributed by atoms with Crippen molar-refractivity contribution in [2.75, 3.05) is 0 Å². The Hall–Kier alpha value is -2.20. The molecule has 16 heavy (non-hydrogen) atoms. The summed E-state index contributed by atoms with van der Waals surface area (Å²) >= 11 is 0. The Kier molecular flexibility index (Phi) is 3.37. The van der Waals surface area contributed by atoms with Crippen LogP contribution in [0.25, 0.3) is 0 Å². The van der Waals surface area contributed by atoms with Crippen LogP contribution < -0.4 is 9.47 Å². The molecule has 4 heteroatoms. The summed E-state index contributed by atoms with van der Waals surface area (Å²) in [4.78, 5) is 0. The fraction of sp³-hybridized carbons (Fsp3) is 0.333. The molecule has 82 valence electrons. The van der Waals surface area contributed by atoms with Gasteiger partial charge in [-0.05, 0) is 49.9 Å². The summed E-state index contributed by atoms with van der Waals surface area (Å²) in [6, 6.07) is 0. The van der Waals surface area contributed by atoms with Crippen LogP contribution in [0.3, 0.4) is 0 Å². The van der Waals surface area contributed by atoms with Gasteiger partial charge >= 0.3 is 0 Å². The van der Waals surface area contributed by atoms with Crippen molar-refractivity contribution in [1.29, 1.82) is 10.5 Å². The number of nitriles is 2. The van der Waals surface area contributed by atoms with Crippen molar-refractivity contribution < 1.29 is 9.47 Å². The van der Waals surface area contributed by atoms with E-state index in [-0.39, 0.29) is 0 Å². The SMILES string of the molecule is Cc1c(C)c(OC#N)c(C)c(C)c1OC#N. The maximum absolute atomic E-state index is 8.57. The molecule has 0 aliphatic carbocycles. The number of hydrogen-bond donors (Lipinski definition) is 0. The van der Waals surface area contributed by atoms with Crippen molar-refractivity contribution in [2.45, 2.75) is 27.7 Å². The third-order valence-electron chi connectivity index (χ3n) is 2.78. The molecule has 0 radical (unpaired) electrons. The second-order valence-corrected chi connectivity index (χ2v) is 3.54. The lowest BCUT2D eigenvalue weighted by Gasteiger charge is -2.15. The molecule has 0 bridgehead atoms. The van der Waals surface area contributed by atoms with E-state index >= 15 is 0 Å². The van der Waals surface area contributed by atoms with Crippen molar-refractivity contribution in [3.63, 3.8) is 0 Å².